The molecule has 7 heteroatoms. The Balaban J connectivity index is 1.76. The van der Waals surface area contributed by atoms with Gasteiger partial charge in [-0.25, -0.2) is 4.39 Å². The molecule has 1 aliphatic carbocycles. The van der Waals surface area contributed by atoms with Crippen molar-refractivity contribution in [1.29, 1.82) is 0 Å². The lowest BCUT2D eigenvalue weighted by Gasteiger charge is -2.20. The Bertz CT molecular complexity index is 771. The van der Waals surface area contributed by atoms with Crippen LogP contribution in [0, 0.1) is 5.82 Å². The highest BCUT2D eigenvalue weighted by Gasteiger charge is 2.47. The summed E-state index contributed by atoms with van der Waals surface area (Å²) >= 11 is 0. The molecular weight excluding hydrogens is 339 g/mol. The van der Waals surface area contributed by atoms with Gasteiger partial charge in [0.1, 0.15) is 12.4 Å². The molecule has 1 aromatic carbocycles. The average Bonchev–Trinajstić information content (AvgIpc) is 3.37. The highest BCUT2D eigenvalue weighted by atomic mass is 19.1. The molecule has 0 unspecified atom stereocenters. The molecular formula is C19H23FN2O4. The summed E-state index contributed by atoms with van der Waals surface area (Å²) < 4.78 is 15.0. The molecule has 1 saturated carbocycles. The van der Waals surface area contributed by atoms with Gasteiger partial charge in [-0.3, -0.25) is 14.4 Å². The first-order valence-electron chi connectivity index (χ1n) is 8.86. The van der Waals surface area contributed by atoms with Crippen molar-refractivity contribution in [3.05, 3.63) is 29.1 Å². The molecule has 1 aliphatic heterocycles. The van der Waals surface area contributed by atoms with Crippen LogP contribution in [0.1, 0.15) is 56.6 Å². The Hall–Kier alpha value is -2.44. The number of anilines is 1. The fourth-order valence-corrected chi connectivity index (χ4v) is 3.49. The number of nitrogens with zero attached hydrogens (tertiary/aromatic N) is 1. The van der Waals surface area contributed by atoms with Crippen LogP contribution >= 0.6 is 0 Å². The summed E-state index contributed by atoms with van der Waals surface area (Å²) in [5.41, 5.74) is 0.450. The number of hydrogen-bond acceptors (Lipinski definition) is 3. The second-order valence-electron chi connectivity index (χ2n) is 7.50. The third kappa shape index (κ3) is 3.30. The van der Waals surface area contributed by atoms with Gasteiger partial charge in [0, 0.05) is 18.5 Å². The molecule has 0 atom stereocenters. The Morgan fingerprint density at radius 2 is 2.04 bits per heavy atom. The zero-order valence-corrected chi connectivity index (χ0v) is 15.0. The molecule has 1 fully saturated rings. The van der Waals surface area contributed by atoms with Gasteiger partial charge in [0.25, 0.3) is 0 Å². The van der Waals surface area contributed by atoms with Crippen LogP contribution in [0.2, 0.25) is 0 Å². The molecule has 6 nitrogen and oxygen atoms in total. The molecule has 0 aromatic heterocycles. The van der Waals surface area contributed by atoms with Gasteiger partial charge in [-0.1, -0.05) is 6.07 Å². The van der Waals surface area contributed by atoms with Crippen molar-refractivity contribution in [1.82, 2.24) is 5.32 Å². The van der Waals surface area contributed by atoms with E-state index in [0.717, 1.165) is 12.8 Å². The molecule has 0 radical (unpaired) electrons. The Labute approximate surface area is 151 Å². The number of halogens is 1. The number of hydrogen-bond donors (Lipinski definition) is 2. The van der Waals surface area contributed by atoms with Crippen molar-refractivity contribution in [2.45, 2.75) is 50.9 Å². The molecule has 2 aliphatic rings. The van der Waals surface area contributed by atoms with Crippen LogP contribution in [0.5, 0.6) is 0 Å². The third-order valence-electron chi connectivity index (χ3n) is 5.05. The maximum Gasteiger partial charge on any atom is 0.303 e. The van der Waals surface area contributed by atoms with Crippen LogP contribution in [0.4, 0.5) is 10.1 Å². The molecule has 0 saturated heterocycles. The number of rotatable bonds is 7. The van der Waals surface area contributed by atoms with E-state index in [1.807, 2.05) is 0 Å². The van der Waals surface area contributed by atoms with Crippen molar-refractivity contribution in [3.63, 3.8) is 0 Å². The first-order chi connectivity index (χ1) is 12.2. The highest BCUT2D eigenvalue weighted by molar-refractivity contribution is 6.10. The van der Waals surface area contributed by atoms with Gasteiger partial charge in [-0.15, -0.1) is 0 Å². The molecule has 1 heterocycles. The molecule has 140 valence electrons. The standard InChI is InChI=1S/C19H23FN2O4/c1-19(2)16-13(8-7-12(17(16)20)11-5-6-11)22(18(19)26)10-14(23)21-9-3-4-15(24)25/h7-8,11H,3-6,9-10H2,1-2H3,(H,21,23)(H,24,25). The molecule has 3 rings (SSSR count). The van der Waals surface area contributed by atoms with Gasteiger partial charge >= 0.3 is 5.97 Å². The number of aliphatic carboxylic acids is 1. The van der Waals surface area contributed by atoms with Crippen LogP contribution in [0.3, 0.4) is 0 Å². The molecule has 26 heavy (non-hydrogen) atoms. The number of carboxylic acids is 1. The van der Waals surface area contributed by atoms with Gasteiger partial charge in [0.2, 0.25) is 11.8 Å². The lowest BCUT2D eigenvalue weighted by molar-refractivity contribution is -0.137. The predicted octanol–water partition coefficient (Wildman–Crippen LogP) is 2.31. The summed E-state index contributed by atoms with van der Waals surface area (Å²) in [5, 5.41) is 11.2. The minimum Gasteiger partial charge on any atom is -0.481 e. The first kappa shape index (κ1) is 18.4. The summed E-state index contributed by atoms with van der Waals surface area (Å²) in [7, 11) is 0. The monoisotopic (exact) mass is 362 g/mol. The van der Waals surface area contributed by atoms with Crippen LogP contribution in [-0.2, 0) is 19.8 Å². The fraction of sp³-hybridized carbons (Fsp3) is 0.526. The zero-order chi connectivity index (χ0) is 19.1. The van der Waals surface area contributed by atoms with Crippen LogP contribution in [0.15, 0.2) is 12.1 Å². The van der Waals surface area contributed by atoms with Gasteiger partial charge in [0.05, 0.1) is 11.1 Å². The number of carbonyl (C=O) groups excluding carboxylic acids is 2. The third-order valence-corrected chi connectivity index (χ3v) is 5.05. The van der Waals surface area contributed by atoms with Crippen molar-refractivity contribution >= 4 is 23.5 Å². The van der Waals surface area contributed by atoms with E-state index in [4.69, 9.17) is 5.11 Å². The fourth-order valence-electron chi connectivity index (χ4n) is 3.49. The van der Waals surface area contributed by atoms with Crippen molar-refractivity contribution in [3.8, 4) is 0 Å². The Morgan fingerprint density at radius 1 is 1.35 bits per heavy atom. The number of fused-ring (bicyclic) bond motifs is 1. The number of benzene rings is 1. The minimum absolute atomic E-state index is 0.0338. The summed E-state index contributed by atoms with van der Waals surface area (Å²) in [4.78, 5) is 36.7. The van der Waals surface area contributed by atoms with E-state index in [1.165, 1.54) is 4.90 Å². The smallest absolute Gasteiger partial charge is 0.303 e. The second-order valence-corrected chi connectivity index (χ2v) is 7.50. The van der Waals surface area contributed by atoms with Crippen LogP contribution in [0.25, 0.3) is 0 Å². The minimum atomic E-state index is -1.02. The van der Waals surface area contributed by atoms with Gasteiger partial charge in [-0.05, 0) is 50.7 Å². The average molecular weight is 362 g/mol. The summed E-state index contributed by atoms with van der Waals surface area (Å²) in [6.07, 6.45) is 2.21. The quantitative estimate of drug-likeness (QED) is 0.729. The van der Waals surface area contributed by atoms with E-state index in [9.17, 15) is 14.4 Å². The van der Waals surface area contributed by atoms with Gasteiger partial charge in [0.15, 0.2) is 0 Å². The van der Waals surface area contributed by atoms with Crippen molar-refractivity contribution in [2.24, 2.45) is 0 Å². The first-order valence-corrected chi connectivity index (χ1v) is 8.86. The van der Waals surface area contributed by atoms with E-state index < -0.39 is 11.4 Å². The summed E-state index contributed by atoms with van der Waals surface area (Å²) in [6, 6.07) is 3.45. The largest absolute Gasteiger partial charge is 0.481 e. The molecule has 0 spiro atoms. The van der Waals surface area contributed by atoms with E-state index in [-0.39, 0.29) is 43.1 Å². The lowest BCUT2D eigenvalue weighted by atomic mass is 9.84. The highest BCUT2D eigenvalue weighted by Crippen LogP contribution is 2.48. The van der Waals surface area contributed by atoms with E-state index >= 15 is 4.39 Å². The lowest BCUT2D eigenvalue weighted by Crippen LogP contribution is -2.43. The Kier molecular flexibility index (Phi) is 4.73. The molecule has 2 amide bonds. The number of carbonyl (C=O) groups is 3. The maximum absolute atomic E-state index is 15.0. The van der Waals surface area contributed by atoms with Gasteiger partial charge < -0.3 is 15.3 Å². The molecule has 1 aromatic rings. The number of carboxylic acid groups (broad SMARTS) is 1. The Morgan fingerprint density at radius 3 is 2.65 bits per heavy atom. The SMILES string of the molecule is CC1(C)C(=O)N(CC(=O)NCCCC(=O)O)c2ccc(C3CC3)c(F)c21. The summed E-state index contributed by atoms with van der Waals surface area (Å²) in [6.45, 7) is 3.38. The zero-order valence-electron chi connectivity index (χ0n) is 15.0. The van der Waals surface area contributed by atoms with Crippen LogP contribution < -0.4 is 10.2 Å². The van der Waals surface area contributed by atoms with E-state index in [2.05, 4.69) is 5.32 Å². The van der Waals surface area contributed by atoms with Crippen molar-refractivity contribution < 1.29 is 23.9 Å². The van der Waals surface area contributed by atoms with Crippen molar-refractivity contribution in [2.75, 3.05) is 18.0 Å². The normalized spacial score (nSPS) is 18.0. The van der Waals surface area contributed by atoms with Gasteiger partial charge in [-0.2, -0.15) is 0 Å². The number of nitrogens with one attached hydrogen (secondary N) is 1. The summed E-state index contributed by atoms with van der Waals surface area (Å²) in [5.74, 6) is -1.71. The number of amides is 2. The maximum atomic E-state index is 15.0. The molecule has 0 bridgehead atoms. The van der Waals surface area contributed by atoms with E-state index in [0.29, 0.717) is 23.2 Å². The van der Waals surface area contributed by atoms with E-state index in [1.54, 1.807) is 26.0 Å². The topological polar surface area (TPSA) is 86.7 Å². The molecule has 2 N–H and O–H groups in total. The predicted molar refractivity (Wildman–Crippen MR) is 93.6 cm³/mol. The second kappa shape index (κ2) is 6.70. The van der Waals surface area contributed by atoms with Crippen LogP contribution in [-0.4, -0.2) is 36.0 Å².